The van der Waals surface area contributed by atoms with Gasteiger partial charge >= 0.3 is 5.91 Å². The Bertz CT molecular complexity index is 1490. The van der Waals surface area contributed by atoms with Crippen molar-refractivity contribution in [1.82, 2.24) is 9.97 Å². The van der Waals surface area contributed by atoms with Crippen molar-refractivity contribution in [2.75, 3.05) is 4.90 Å². The largest absolute Gasteiger partial charge is 0.507 e. The number of H-pyrrole nitrogens is 1. The summed E-state index contributed by atoms with van der Waals surface area (Å²) in [5.74, 6) is -2.10. The van der Waals surface area contributed by atoms with Crippen molar-refractivity contribution >= 4 is 40.1 Å². The van der Waals surface area contributed by atoms with Gasteiger partial charge in [0, 0.05) is 17.7 Å². The van der Waals surface area contributed by atoms with E-state index in [1.54, 1.807) is 30.3 Å². The van der Waals surface area contributed by atoms with Crippen LogP contribution in [-0.2, 0) is 9.59 Å². The maximum absolute atomic E-state index is 13.2. The van der Waals surface area contributed by atoms with E-state index in [2.05, 4.69) is 9.97 Å². The number of fused-ring (bicyclic) bond motifs is 1. The van der Waals surface area contributed by atoms with Crippen LogP contribution in [-0.4, -0.2) is 31.7 Å². The van der Waals surface area contributed by atoms with Gasteiger partial charge in [-0.3, -0.25) is 24.6 Å². The number of anilines is 1. The number of aromatic nitrogens is 2. The number of nitrogens with zero attached hydrogens (tertiary/aromatic N) is 3. The van der Waals surface area contributed by atoms with Gasteiger partial charge in [0.15, 0.2) is 0 Å². The molecular weight excluding hydrogens is 436 g/mol. The minimum atomic E-state index is -0.986. The number of amides is 1. The van der Waals surface area contributed by atoms with Gasteiger partial charge in [0.2, 0.25) is 5.95 Å². The Labute approximate surface area is 193 Å². The zero-order chi connectivity index (χ0) is 24.0. The SMILES string of the molecule is Cc1cccc(C2/C(=C(\O)c3cccc([N+](=O)[O-])c3)C(=O)C(=O)N2c2nc3ccccc3[nH]2)c1. The predicted molar refractivity (Wildman–Crippen MR) is 125 cm³/mol. The van der Waals surface area contributed by atoms with Gasteiger partial charge in [-0.2, -0.15) is 0 Å². The lowest BCUT2D eigenvalue weighted by molar-refractivity contribution is -0.384. The van der Waals surface area contributed by atoms with Gasteiger partial charge < -0.3 is 10.1 Å². The Kier molecular flexibility index (Phi) is 4.94. The molecule has 0 spiro atoms. The van der Waals surface area contributed by atoms with Gasteiger partial charge in [0.1, 0.15) is 5.76 Å². The number of imidazole rings is 1. The van der Waals surface area contributed by atoms with Crippen LogP contribution in [0.4, 0.5) is 11.6 Å². The first kappa shape index (κ1) is 21.1. The summed E-state index contributed by atoms with van der Waals surface area (Å²) < 4.78 is 0. The molecule has 9 nitrogen and oxygen atoms in total. The molecule has 1 unspecified atom stereocenters. The van der Waals surface area contributed by atoms with Crippen LogP contribution in [0.3, 0.4) is 0 Å². The van der Waals surface area contributed by atoms with Crippen LogP contribution < -0.4 is 4.90 Å². The first-order valence-electron chi connectivity index (χ1n) is 10.4. The van der Waals surface area contributed by atoms with Crippen molar-refractivity contribution in [1.29, 1.82) is 0 Å². The zero-order valence-electron chi connectivity index (χ0n) is 17.9. The molecule has 9 heteroatoms. The number of Topliss-reactive ketones (excluding diaryl/α,β-unsaturated/α-hetero) is 1. The van der Waals surface area contributed by atoms with E-state index in [0.717, 1.165) is 11.6 Å². The summed E-state index contributed by atoms with van der Waals surface area (Å²) in [7, 11) is 0. The standard InChI is InChI=1S/C25H18N4O5/c1-14-6-4-7-15(12-14)21-20(22(30)16-8-5-9-17(13-16)29(33)34)23(31)24(32)28(21)25-26-18-10-2-3-11-19(18)27-25/h2-13,21,30H,1H3,(H,26,27)/b22-20+. The molecule has 0 radical (unpaired) electrons. The van der Waals surface area contributed by atoms with Crippen molar-refractivity contribution in [3.63, 3.8) is 0 Å². The third-order valence-corrected chi connectivity index (χ3v) is 5.74. The fraction of sp³-hybridized carbons (Fsp3) is 0.0800. The number of hydrogen-bond donors (Lipinski definition) is 2. The third kappa shape index (κ3) is 3.39. The van der Waals surface area contributed by atoms with Crippen molar-refractivity contribution in [2.24, 2.45) is 0 Å². The summed E-state index contributed by atoms with van der Waals surface area (Å²) >= 11 is 0. The van der Waals surface area contributed by atoms with Crippen molar-refractivity contribution < 1.29 is 19.6 Å². The normalized spacial score (nSPS) is 17.4. The smallest absolute Gasteiger partial charge is 0.302 e. The van der Waals surface area contributed by atoms with Crippen LogP contribution in [0, 0.1) is 17.0 Å². The first-order valence-corrected chi connectivity index (χ1v) is 10.4. The lowest BCUT2D eigenvalue weighted by Gasteiger charge is -2.23. The van der Waals surface area contributed by atoms with Crippen LogP contribution in [0.5, 0.6) is 0 Å². The van der Waals surface area contributed by atoms with Crippen LogP contribution in [0.25, 0.3) is 16.8 Å². The highest BCUT2D eigenvalue weighted by atomic mass is 16.6. The molecule has 1 atom stereocenters. The summed E-state index contributed by atoms with van der Waals surface area (Å²) in [5.41, 5.74) is 2.42. The first-order chi connectivity index (χ1) is 16.3. The molecule has 0 aliphatic carbocycles. The molecule has 1 aliphatic rings. The number of para-hydroxylation sites is 2. The molecule has 1 saturated heterocycles. The molecule has 168 valence electrons. The predicted octanol–water partition coefficient (Wildman–Crippen LogP) is 4.41. The quantitative estimate of drug-likeness (QED) is 0.155. The second-order valence-electron chi connectivity index (χ2n) is 7.97. The zero-order valence-corrected chi connectivity index (χ0v) is 17.9. The summed E-state index contributed by atoms with van der Waals surface area (Å²) in [6, 6.07) is 18.7. The van der Waals surface area contributed by atoms with E-state index >= 15 is 0 Å². The summed E-state index contributed by atoms with van der Waals surface area (Å²) in [4.78, 5) is 45.9. The van der Waals surface area contributed by atoms with Gasteiger partial charge in [0.05, 0.1) is 27.6 Å². The Morgan fingerprint density at radius 1 is 1.06 bits per heavy atom. The molecule has 1 amide bonds. The van der Waals surface area contributed by atoms with Gasteiger partial charge in [-0.1, -0.05) is 54.1 Å². The summed E-state index contributed by atoms with van der Waals surface area (Å²) in [5, 5.41) is 22.4. The number of nitro groups is 1. The topological polar surface area (TPSA) is 129 Å². The fourth-order valence-electron chi connectivity index (χ4n) is 4.18. The van der Waals surface area contributed by atoms with E-state index in [-0.39, 0.29) is 22.8 Å². The minimum Gasteiger partial charge on any atom is -0.507 e. The lowest BCUT2D eigenvalue weighted by Crippen LogP contribution is -2.30. The Morgan fingerprint density at radius 2 is 1.82 bits per heavy atom. The molecule has 2 N–H and O–H groups in total. The van der Waals surface area contributed by atoms with E-state index in [4.69, 9.17) is 0 Å². The average Bonchev–Trinajstić information content (AvgIpc) is 3.37. The van der Waals surface area contributed by atoms with Crippen LogP contribution in [0.1, 0.15) is 22.7 Å². The van der Waals surface area contributed by atoms with Crippen molar-refractivity contribution in [2.45, 2.75) is 13.0 Å². The van der Waals surface area contributed by atoms with E-state index in [9.17, 15) is 24.8 Å². The Hall–Kier alpha value is -4.79. The number of aromatic amines is 1. The second kappa shape index (κ2) is 7.96. The monoisotopic (exact) mass is 454 g/mol. The van der Waals surface area contributed by atoms with Gasteiger partial charge in [0.25, 0.3) is 11.5 Å². The number of aryl methyl sites for hydroxylation is 1. The molecule has 3 aromatic carbocycles. The molecule has 1 aromatic heterocycles. The number of non-ortho nitro benzene ring substituents is 1. The minimum absolute atomic E-state index is 0.0643. The molecule has 0 bridgehead atoms. The summed E-state index contributed by atoms with van der Waals surface area (Å²) in [6.45, 7) is 1.87. The molecule has 1 aliphatic heterocycles. The van der Waals surface area contributed by atoms with E-state index in [1.807, 2.05) is 25.1 Å². The molecule has 5 rings (SSSR count). The number of nitro benzene ring substituents is 1. The lowest BCUT2D eigenvalue weighted by atomic mass is 9.94. The second-order valence-corrected chi connectivity index (χ2v) is 7.97. The number of aliphatic hydroxyl groups is 1. The number of ketones is 1. The highest BCUT2D eigenvalue weighted by Crippen LogP contribution is 2.42. The number of carbonyl (C=O) groups excluding carboxylic acids is 2. The molecule has 1 fully saturated rings. The van der Waals surface area contributed by atoms with Crippen molar-refractivity contribution in [3.05, 3.63) is 105 Å². The molecule has 2 heterocycles. The Balaban J connectivity index is 1.74. The van der Waals surface area contributed by atoms with Crippen LogP contribution in [0.2, 0.25) is 0 Å². The van der Waals surface area contributed by atoms with E-state index in [1.165, 1.54) is 23.1 Å². The number of benzene rings is 3. The van der Waals surface area contributed by atoms with Gasteiger partial charge in [-0.15, -0.1) is 0 Å². The molecule has 4 aromatic rings. The highest BCUT2D eigenvalue weighted by molar-refractivity contribution is 6.51. The highest BCUT2D eigenvalue weighted by Gasteiger charge is 2.48. The molecule has 0 saturated carbocycles. The number of nitrogens with one attached hydrogen (secondary N) is 1. The number of aliphatic hydroxyl groups excluding tert-OH is 1. The summed E-state index contributed by atoms with van der Waals surface area (Å²) in [6.07, 6.45) is 0. The van der Waals surface area contributed by atoms with Gasteiger partial charge in [-0.25, -0.2) is 4.98 Å². The van der Waals surface area contributed by atoms with E-state index in [0.29, 0.717) is 16.6 Å². The maximum atomic E-state index is 13.2. The third-order valence-electron chi connectivity index (χ3n) is 5.74. The maximum Gasteiger partial charge on any atom is 0.302 e. The van der Waals surface area contributed by atoms with E-state index < -0.39 is 28.4 Å². The number of rotatable bonds is 4. The van der Waals surface area contributed by atoms with Crippen molar-refractivity contribution in [3.8, 4) is 0 Å². The number of carbonyl (C=O) groups is 2. The Morgan fingerprint density at radius 3 is 2.56 bits per heavy atom. The van der Waals surface area contributed by atoms with Gasteiger partial charge in [-0.05, 0) is 24.6 Å². The van der Waals surface area contributed by atoms with Crippen LogP contribution >= 0.6 is 0 Å². The molecule has 34 heavy (non-hydrogen) atoms. The average molecular weight is 454 g/mol. The fourth-order valence-corrected chi connectivity index (χ4v) is 4.18. The number of hydrogen-bond acceptors (Lipinski definition) is 6. The van der Waals surface area contributed by atoms with Crippen LogP contribution in [0.15, 0.2) is 78.4 Å². The molecular formula is C25H18N4O5.